The summed E-state index contributed by atoms with van der Waals surface area (Å²) in [6.07, 6.45) is 0.403. The number of hydrogen-bond acceptors (Lipinski definition) is 2. The van der Waals surface area contributed by atoms with E-state index in [2.05, 4.69) is 10.6 Å². The highest BCUT2D eigenvalue weighted by Gasteiger charge is 2.33. The maximum atomic E-state index is 12.3. The molecular weight excluding hydrogens is 264 g/mol. The fraction of sp³-hybridized carbons (Fsp3) is 0.176. The van der Waals surface area contributed by atoms with Crippen LogP contribution in [-0.2, 0) is 9.59 Å². The highest BCUT2D eigenvalue weighted by Crippen LogP contribution is 2.41. The number of para-hydroxylation sites is 1. The molecule has 1 atom stereocenters. The Morgan fingerprint density at radius 1 is 1.14 bits per heavy atom. The summed E-state index contributed by atoms with van der Waals surface area (Å²) in [6.45, 7) is 1.80. The van der Waals surface area contributed by atoms with Crippen LogP contribution in [0.3, 0.4) is 0 Å². The van der Waals surface area contributed by atoms with Crippen molar-refractivity contribution in [1.82, 2.24) is 0 Å². The molecule has 4 nitrogen and oxygen atoms in total. The lowest BCUT2D eigenvalue weighted by Gasteiger charge is -2.11. The van der Waals surface area contributed by atoms with E-state index in [1.54, 1.807) is 13.0 Å². The summed E-state index contributed by atoms with van der Waals surface area (Å²) in [5, 5.41) is 5.72. The minimum atomic E-state index is -0.320. The lowest BCUT2D eigenvalue weighted by molar-refractivity contribution is -0.117. The third-order valence-corrected chi connectivity index (χ3v) is 3.65. The second-order valence-electron chi connectivity index (χ2n) is 5.00. The summed E-state index contributed by atoms with van der Waals surface area (Å²) < 4.78 is 0. The molecule has 2 aromatic carbocycles. The zero-order valence-electron chi connectivity index (χ0n) is 11.7. The van der Waals surface area contributed by atoms with Crippen LogP contribution < -0.4 is 10.6 Å². The Morgan fingerprint density at radius 2 is 1.90 bits per heavy atom. The maximum Gasteiger partial charge on any atom is 0.236 e. The maximum absolute atomic E-state index is 12.3. The summed E-state index contributed by atoms with van der Waals surface area (Å²) in [4.78, 5) is 23.9. The zero-order valence-corrected chi connectivity index (χ0v) is 11.7. The van der Waals surface area contributed by atoms with Gasteiger partial charge in [-0.2, -0.15) is 0 Å². The molecular formula is C17H16N2O2. The van der Waals surface area contributed by atoms with Crippen molar-refractivity contribution in [2.24, 2.45) is 0 Å². The van der Waals surface area contributed by atoms with E-state index < -0.39 is 0 Å². The minimum Gasteiger partial charge on any atom is -0.324 e. The van der Waals surface area contributed by atoms with Crippen molar-refractivity contribution in [3.8, 4) is 0 Å². The van der Waals surface area contributed by atoms with E-state index in [9.17, 15) is 9.59 Å². The average Bonchev–Trinajstić information content (AvgIpc) is 2.85. The molecule has 1 unspecified atom stereocenters. The zero-order chi connectivity index (χ0) is 14.8. The average molecular weight is 280 g/mol. The first-order valence-corrected chi connectivity index (χ1v) is 6.99. The predicted octanol–water partition coefficient (Wildman–Crippen LogP) is 3.12. The van der Waals surface area contributed by atoms with E-state index in [1.165, 1.54) is 0 Å². The molecule has 0 spiro atoms. The third kappa shape index (κ3) is 2.40. The number of carbonyl (C=O) groups is 2. The van der Waals surface area contributed by atoms with Crippen LogP contribution in [0.15, 0.2) is 48.5 Å². The van der Waals surface area contributed by atoms with Crippen LogP contribution in [0.2, 0.25) is 0 Å². The standard InChI is InChI=1S/C17H16N2O2/c1-2-14(20)18-13-10-6-9-12-15(17(21)19-16(12)13)11-7-4-3-5-8-11/h3-10,15H,2H2,1H3,(H,18,20)(H,19,21). The Hall–Kier alpha value is -2.62. The van der Waals surface area contributed by atoms with Crippen molar-refractivity contribution >= 4 is 23.2 Å². The molecule has 4 heteroatoms. The Balaban J connectivity index is 2.03. The molecule has 1 heterocycles. The van der Waals surface area contributed by atoms with E-state index in [1.807, 2.05) is 42.5 Å². The monoisotopic (exact) mass is 280 g/mol. The molecule has 0 fully saturated rings. The Kier molecular flexibility index (Phi) is 3.44. The van der Waals surface area contributed by atoms with Gasteiger partial charge in [0.25, 0.3) is 0 Å². The van der Waals surface area contributed by atoms with Crippen LogP contribution in [0.4, 0.5) is 11.4 Å². The second-order valence-corrected chi connectivity index (χ2v) is 5.00. The van der Waals surface area contributed by atoms with Gasteiger partial charge in [-0.05, 0) is 17.2 Å². The summed E-state index contributed by atoms with van der Waals surface area (Å²) >= 11 is 0. The molecule has 0 bridgehead atoms. The van der Waals surface area contributed by atoms with Crippen LogP contribution in [0.25, 0.3) is 0 Å². The molecule has 2 N–H and O–H groups in total. The molecule has 0 saturated carbocycles. The van der Waals surface area contributed by atoms with Gasteiger partial charge in [0.1, 0.15) is 0 Å². The lowest BCUT2D eigenvalue weighted by Crippen LogP contribution is -2.14. The fourth-order valence-corrected chi connectivity index (χ4v) is 2.61. The van der Waals surface area contributed by atoms with E-state index in [4.69, 9.17) is 0 Å². The Bertz CT molecular complexity index is 695. The van der Waals surface area contributed by atoms with Gasteiger partial charge in [-0.15, -0.1) is 0 Å². The smallest absolute Gasteiger partial charge is 0.236 e. The fourth-order valence-electron chi connectivity index (χ4n) is 2.61. The van der Waals surface area contributed by atoms with Crippen LogP contribution in [0.1, 0.15) is 30.4 Å². The van der Waals surface area contributed by atoms with Gasteiger partial charge in [0.2, 0.25) is 11.8 Å². The minimum absolute atomic E-state index is 0.0607. The molecule has 3 rings (SSSR count). The number of amides is 2. The molecule has 1 aliphatic heterocycles. The number of rotatable bonds is 3. The van der Waals surface area contributed by atoms with E-state index in [0.29, 0.717) is 17.8 Å². The number of carbonyl (C=O) groups excluding carboxylic acids is 2. The molecule has 106 valence electrons. The molecule has 0 aromatic heterocycles. The van der Waals surface area contributed by atoms with Gasteiger partial charge in [0.15, 0.2) is 0 Å². The summed E-state index contributed by atoms with van der Waals surface area (Å²) in [6, 6.07) is 15.2. The van der Waals surface area contributed by atoms with Gasteiger partial charge in [0, 0.05) is 6.42 Å². The van der Waals surface area contributed by atoms with Crippen molar-refractivity contribution in [3.05, 3.63) is 59.7 Å². The van der Waals surface area contributed by atoms with Crippen LogP contribution in [0, 0.1) is 0 Å². The van der Waals surface area contributed by atoms with Crippen LogP contribution in [0.5, 0.6) is 0 Å². The van der Waals surface area contributed by atoms with Gasteiger partial charge in [0.05, 0.1) is 17.3 Å². The lowest BCUT2D eigenvalue weighted by atomic mass is 9.92. The molecule has 21 heavy (non-hydrogen) atoms. The number of hydrogen-bond donors (Lipinski definition) is 2. The summed E-state index contributed by atoms with van der Waals surface area (Å²) in [7, 11) is 0. The number of nitrogens with one attached hydrogen (secondary N) is 2. The SMILES string of the molecule is CCC(=O)Nc1cccc2c1NC(=O)C2c1ccccc1. The number of benzene rings is 2. The first kappa shape index (κ1) is 13.4. The second kappa shape index (κ2) is 5.40. The van der Waals surface area contributed by atoms with Crippen LogP contribution >= 0.6 is 0 Å². The third-order valence-electron chi connectivity index (χ3n) is 3.65. The van der Waals surface area contributed by atoms with E-state index in [0.717, 1.165) is 11.1 Å². The van der Waals surface area contributed by atoms with Gasteiger partial charge in [-0.1, -0.05) is 49.4 Å². The largest absolute Gasteiger partial charge is 0.324 e. The summed E-state index contributed by atoms with van der Waals surface area (Å²) in [5.74, 6) is -0.449. The van der Waals surface area contributed by atoms with Gasteiger partial charge in [-0.3, -0.25) is 9.59 Å². The van der Waals surface area contributed by atoms with Gasteiger partial charge >= 0.3 is 0 Å². The molecule has 2 amide bonds. The highest BCUT2D eigenvalue weighted by atomic mass is 16.2. The first-order chi connectivity index (χ1) is 10.2. The molecule has 0 aliphatic carbocycles. The number of fused-ring (bicyclic) bond motifs is 1. The van der Waals surface area contributed by atoms with Gasteiger partial charge < -0.3 is 10.6 Å². The highest BCUT2D eigenvalue weighted by molar-refractivity contribution is 6.09. The topological polar surface area (TPSA) is 58.2 Å². The van der Waals surface area contributed by atoms with Crippen molar-refractivity contribution in [3.63, 3.8) is 0 Å². The Labute approximate surface area is 123 Å². The van der Waals surface area contributed by atoms with Crippen molar-refractivity contribution in [2.75, 3.05) is 10.6 Å². The molecule has 1 aliphatic rings. The predicted molar refractivity (Wildman–Crippen MR) is 82.3 cm³/mol. The van der Waals surface area contributed by atoms with Crippen molar-refractivity contribution < 1.29 is 9.59 Å². The Morgan fingerprint density at radius 3 is 2.62 bits per heavy atom. The van der Waals surface area contributed by atoms with E-state index >= 15 is 0 Å². The molecule has 0 radical (unpaired) electrons. The van der Waals surface area contributed by atoms with Gasteiger partial charge in [-0.25, -0.2) is 0 Å². The molecule has 0 saturated heterocycles. The quantitative estimate of drug-likeness (QED) is 0.907. The van der Waals surface area contributed by atoms with E-state index in [-0.39, 0.29) is 17.7 Å². The van der Waals surface area contributed by atoms with Crippen molar-refractivity contribution in [1.29, 1.82) is 0 Å². The molecule has 2 aromatic rings. The van der Waals surface area contributed by atoms with Crippen LogP contribution in [-0.4, -0.2) is 11.8 Å². The van der Waals surface area contributed by atoms with Crippen molar-refractivity contribution in [2.45, 2.75) is 19.3 Å². The number of anilines is 2. The normalized spacial score (nSPS) is 16.2. The first-order valence-electron chi connectivity index (χ1n) is 6.99. The summed E-state index contributed by atoms with van der Waals surface area (Å²) in [5.41, 5.74) is 3.22.